The maximum atomic E-state index is 12.0. The van der Waals surface area contributed by atoms with Gasteiger partial charge in [0.05, 0.1) is 6.10 Å². The Labute approximate surface area is 104 Å². The second kappa shape index (κ2) is 5.65. The predicted molar refractivity (Wildman–Crippen MR) is 65.9 cm³/mol. The fraction of sp³-hybridized carbons (Fsp3) is 1.00. The van der Waals surface area contributed by atoms with Crippen LogP contribution in [0.1, 0.15) is 32.6 Å². The number of piperidine rings is 1. The lowest BCUT2D eigenvalue weighted by atomic mass is 10.0. The number of ether oxygens (including phenoxy) is 1. The summed E-state index contributed by atoms with van der Waals surface area (Å²) in [4.78, 5) is 0. The standard InChI is InChI=1S/C11H22N2O3S/c1-10-4-2-6-13(9-10)17(14,15)12-8-11-5-3-7-16-11/h10-12H,2-9H2,1H3/t10-,11+/m1/s1. The first-order chi connectivity index (χ1) is 8.08. The summed E-state index contributed by atoms with van der Waals surface area (Å²) in [6, 6.07) is 0. The Morgan fingerprint density at radius 2 is 2.18 bits per heavy atom. The van der Waals surface area contributed by atoms with E-state index in [0.717, 1.165) is 32.3 Å². The molecule has 2 rings (SSSR count). The molecule has 2 aliphatic heterocycles. The highest BCUT2D eigenvalue weighted by molar-refractivity contribution is 7.87. The highest BCUT2D eigenvalue weighted by atomic mass is 32.2. The van der Waals surface area contributed by atoms with Gasteiger partial charge in [0.2, 0.25) is 0 Å². The van der Waals surface area contributed by atoms with Crippen LogP contribution in [0.25, 0.3) is 0 Å². The number of nitrogens with one attached hydrogen (secondary N) is 1. The molecule has 17 heavy (non-hydrogen) atoms. The van der Waals surface area contributed by atoms with Crippen LogP contribution in [-0.4, -0.2) is 45.1 Å². The predicted octanol–water partition coefficient (Wildman–Crippen LogP) is 0.732. The zero-order chi connectivity index (χ0) is 12.3. The van der Waals surface area contributed by atoms with E-state index in [4.69, 9.17) is 4.74 Å². The van der Waals surface area contributed by atoms with Crippen molar-refractivity contribution in [2.45, 2.75) is 38.7 Å². The van der Waals surface area contributed by atoms with Crippen molar-refractivity contribution in [1.82, 2.24) is 9.03 Å². The zero-order valence-electron chi connectivity index (χ0n) is 10.4. The van der Waals surface area contributed by atoms with E-state index in [9.17, 15) is 8.42 Å². The van der Waals surface area contributed by atoms with E-state index in [1.54, 1.807) is 4.31 Å². The molecule has 0 unspecified atom stereocenters. The molecule has 0 aromatic carbocycles. The van der Waals surface area contributed by atoms with Crippen LogP contribution in [-0.2, 0) is 14.9 Å². The van der Waals surface area contributed by atoms with Crippen LogP contribution in [0.4, 0.5) is 0 Å². The fourth-order valence-electron chi connectivity index (χ4n) is 2.46. The first-order valence-corrected chi connectivity index (χ1v) is 7.88. The summed E-state index contributed by atoms with van der Waals surface area (Å²) in [7, 11) is -3.30. The minimum atomic E-state index is -3.30. The number of rotatable bonds is 4. The first-order valence-electron chi connectivity index (χ1n) is 6.44. The minimum Gasteiger partial charge on any atom is -0.377 e. The van der Waals surface area contributed by atoms with Gasteiger partial charge in [-0.15, -0.1) is 0 Å². The summed E-state index contributed by atoms with van der Waals surface area (Å²) in [5.41, 5.74) is 0. The summed E-state index contributed by atoms with van der Waals surface area (Å²) < 4.78 is 33.7. The molecule has 0 saturated carbocycles. The van der Waals surface area contributed by atoms with Gasteiger partial charge < -0.3 is 4.74 Å². The van der Waals surface area contributed by atoms with E-state index < -0.39 is 10.2 Å². The van der Waals surface area contributed by atoms with Crippen molar-refractivity contribution in [1.29, 1.82) is 0 Å². The Balaban J connectivity index is 1.84. The van der Waals surface area contributed by atoms with Crippen LogP contribution in [0.3, 0.4) is 0 Å². The van der Waals surface area contributed by atoms with Crippen LogP contribution < -0.4 is 4.72 Å². The summed E-state index contributed by atoms with van der Waals surface area (Å²) in [5.74, 6) is 0.461. The number of nitrogens with zero attached hydrogens (tertiary/aromatic N) is 1. The molecule has 2 fully saturated rings. The van der Waals surface area contributed by atoms with Gasteiger partial charge in [0.25, 0.3) is 10.2 Å². The molecule has 100 valence electrons. The Morgan fingerprint density at radius 1 is 1.35 bits per heavy atom. The van der Waals surface area contributed by atoms with Gasteiger partial charge in [-0.1, -0.05) is 6.92 Å². The van der Waals surface area contributed by atoms with Crippen molar-refractivity contribution >= 4 is 10.2 Å². The molecule has 0 amide bonds. The molecular formula is C11H22N2O3S. The first kappa shape index (κ1) is 13.3. The van der Waals surface area contributed by atoms with E-state index >= 15 is 0 Å². The largest absolute Gasteiger partial charge is 0.377 e. The third kappa shape index (κ3) is 3.64. The minimum absolute atomic E-state index is 0.0620. The highest BCUT2D eigenvalue weighted by Crippen LogP contribution is 2.18. The monoisotopic (exact) mass is 262 g/mol. The molecule has 0 radical (unpaired) electrons. The van der Waals surface area contributed by atoms with Crippen molar-refractivity contribution in [2.24, 2.45) is 5.92 Å². The quantitative estimate of drug-likeness (QED) is 0.812. The van der Waals surface area contributed by atoms with Gasteiger partial charge in [0.1, 0.15) is 0 Å². The third-order valence-electron chi connectivity index (χ3n) is 3.48. The van der Waals surface area contributed by atoms with Gasteiger partial charge in [-0.05, 0) is 31.6 Å². The van der Waals surface area contributed by atoms with Crippen LogP contribution >= 0.6 is 0 Å². The molecule has 2 heterocycles. The summed E-state index contributed by atoms with van der Waals surface area (Å²) in [6.45, 7) is 4.55. The number of hydrogen-bond acceptors (Lipinski definition) is 3. The van der Waals surface area contributed by atoms with Crippen molar-refractivity contribution in [3.8, 4) is 0 Å². The van der Waals surface area contributed by atoms with Crippen molar-refractivity contribution < 1.29 is 13.2 Å². The smallest absolute Gasteiger partial charge is 0.279 e. The zero-order valence-corrected chi connectivity index (χ0v) is 11.2. The Morgan fingerprint density at radius 3 is 2.82 bits per heavy atom. The average Bonchev–Trinajstić information content (AvgIpc) is 2.79. The third-order valence-corrected chi connectivity index (χ3v) is 5.02. The lowest BCUT2D eigenvalue weighted by Crippen LogP contribution is -2.47. The molecule has 2 atom stereocenters. The molecular weight excluding hydrogens is 240 g/mol. The van der Waals surface area contributed by atoms with Gasteiger partial charge in [0.15, 0.2) is 0 Å². The summed E-state index contributed by atoms with van der Waals surface area (Å²) in [5, 5.41) is 0. The average molecular weight is 262 g/mol. The molecule has 1 N–H and O–H groups in total. The van der Waals surface area contributed by atoms with E-state index in [2.05, 4.69) is 11.6 Å². The van der Waals surface area contributed by atoms with Crippen LogP contribution in [0, 0.1) is 5.92 Å². The van der Waals surface area contributed by atoms with E-state index in [1.807, 2.05) is 0 Å². The maximum absolute atomic E-state index is 12.0. The lowest BCUT2D eigenvalue weighted by Gasteiger charge is -2.30. The van der Waals surface area contributed by atoms with Gasteiger partial charge in [-0.2, -0.15) is 17.4 Å². The molecule has 2 saturated heterocycles. The molecule has 0 aromatic rings. The SMILES string of the molecule is C[C@@H]1CCCN(S(=O)(=O)NC[C@@H]2CCCO2)C1. The topological polar surface area (TPSA) is 58.6 Å². The second-order valence-electron chi connectivity index (χ2n) is 5.09. The molecule has 6 heteroatoms. The summed E-state index contributed by atoms with van der Waals surface area (Å²) >= 11 is 0. The molecule has 0 aromatic heterocycles. The molecule has 0 aliphatic carbocycles. The Hall–Kier alpha value is -0.170. The Kier molecular flexibility index (Phi) is 4.41. The van der Waals surface area contributed by atoms with Crippen molar-refractivity contribution in [3.05, 3.63) is 0 Å². The van der Waals surface area contributed by atoms with E-state index in [0.29, 0.717) is 25.6 Å². The molecule has 5 nitrogen and oxygen atoms in total. The van der Waals surface area contributed by atoms with Gasteiger partial charge in [0, 0.05) is 26.2 Å². The normalized spacial score (nSPS) is 31.8. The van der Waals surface area contributed by atoms with Gasteiger partial charge >= 0.3 is 0 Å². The molecule has 0 bridgehead atoms. The van der Waals surface area contributed by atoms with Crippen molar-refractivity contribution in [3.63, 3.8) is 0 Å². The van der Waals surface area contributed by atoms with Crippen LogP contribution in [0.5, 0.6) is 0 Å². The van der Waals surface area contributed by atoms with Gasteiger partial charge in [-0.3, -0.25) is 0 Å². The highest BCUT2D eigenvalue weighted by Gasteiger charge is 2.28. The van der Waals surface area contributed by atoms with Crippen molar-refractivity contribution in [2.75, 3.05) is 26.2 Å². The van der Waals surface area contributed by atoms with Crippen LogP contribution in [0.2, 0.25) is 0 Å². The Bertz CT molecular complexity index is 339. The maximum Gasteiger partial charge on any atom is 0.279 e. The molecule has 0 spiro atoms. The van der Waals surface area contributed by atoms with E-state index in [-0.39, 0.29) is 6.10 Å². The van der Waals surface area contributed by atoms with Gasteiger partial charge in [-0.25, -0.2) is 0 Å². The van der Waals surface area contributed by atoms with E-state index in [1.165, 1.54) is 0 Å². The second-order valence-corrected chi connectivity index (χ2v) is 6.85. The molecule has 2 aliphatic rings. The van der Waals surface area contributed by atoms with Crippen LogP contribution in [0.15, 0.2) is 0 Å². The lowest BCUT2D eigenvalue weighted by molar-refractivity contribution is 0.114. The fourth-order valence-corrected chi connectivity index (χ4v) is 3.86. The summed E-state index contributed by atoms with van der Waals surface area (Å²) in [6.07, 6.45) is 4.14. The number of hydrogen-bond donors (Lipinski definition) is 1.